The molecule has 1 aromatic heterocycles. The molecule has 1 aromatic carbocycles. The van der Waals surface area contributed by atoms with Crippen LogP contribution in [0.2, 0.25) is 0 Å². The van der Waals surface area contributed by atoms with Crippen LogP contribution in [0.25, 0.3) is 6.08 Å². The first-order valence-electron chi connectivity index (χ1n) is 7.33. The van der Waals surface area contributed by atoms with Crippen molar-refractivity contribution < 1.29 is 19.1 Å². The Morgan fingerprint density at radius 2 is 2.04 bits per heavy atom. The molecule has 0 bridgehead atoms. The Hall–Kier alpha value is -2.82. The lowest BCUT2D eigenvalue weighted by molar-refractivity contribution is -0.138. The number of carbonyl (C=O) groups is 2. The first-order valence-corrected chi connectivity index (χ1v) is 7.33. The number of ketones is 1. The second-order valence-corrected chi connectivity index (χ2v) is 5.49. The van der Waals surface area contributed by atoms with Gasteiger partial charge in [-0.2, -0.15) is 0 Å². The molecule has 0 saturated heterocycles. The summed E-state index contributed by atoms with van der Waals surface area (Å²) in [5.74, 6) is -0.0192. The third kappa shape index (κ3) is 3.18. The summed E-state index contributed by atoms with van der Waals surface area (Å²) in [5, 5.41) is 0. The highest BCUT2D eigenvalue weighted by atomic mass is 16.5. The van der Waals surface area contributed by atoms with Gasteiger partial charge in [0, 0.05) is 22.5 Å². The van der Waals surface area contributed by atoms with Gasteiger partial charge in [0.25, 0.3) is 0 Å². The Labute approximate surface area is 133 Å². The van der Waals surface area contributed by atoms with Gasteiger partial charge in [0.05, 0.1) is 5.57 Å². The number of rotatable bonds is 4. The standard InChI is InChI=1S/C18H17NO4/c1-11-7-15(12(2)19-11)16(20)10-23-18(21)14-8-13-5-3-4-6-17(13)22-9-14/h3-8,19H,9-10H2,1-2H3. The van der Waals surface area contributed by atoms with Gasteiger partial charge in [0.15, 0.2) is 6.61 Å². The Morgan fingerprint density at radius 3 is 2.78 bits per heavy atom. The smallest absolute Gasteiger partial charge is 0.337 e. The lowest BCUT2D eigenvalue weighted by Crippen LogP contribution is -2.20. The molecule has 0 atom stereocenters. The molecule has 0 fully saturated rings. The number of esters is 1. The van der Waals surface area contributed by atoms with Crippen molar-refractivity contribution in [3.8, 4) is 5.75 Å². The number of hydrogen-bond acceptors (Lipinski definition) is 4. The number of aromatic nitrogens is 1. The van der Waals surface area contributed by atoms with Crippen LogP contribution in [0.15, 0.2) is 35.9 Å². The van der Waals surface area contributed by atoms with Gasteiger partial charge in [0.2, 0.25) is 5.78 Å². The molecule has 5 nitrogen and oxygen atoms in total. The maximum atomic E-state index is 12.1. The van der Waals surface area contributed by atoms with Crippen LogP contribution in [-0.2, 0) is 9.53 Å². The fraction of sp³-hybridized carbons (Fsp3) is 0.222. The van der Waals surface area contributed by atoms with Crippen molar-refractivity contribution in [3.05, 3.63) is 58.4 Å². The largest absolute Gasteiger partial charge is 0.488 e. The fourth-order valence-corrected chi connectivity index (χ4v) is 2.55. The minimum Gasteiger partial charge on any atom is -0.488 e. The van der Waals surface area contributed by atoms with Gasteiger partial charge in [-0.1, -0.05) is 18.2 Å². The van der Waals surface area contributed by atoms with Crippen LogP contribution in [0.1, 0.15) is 27.3 Å². The summed E-state index contributed by atoms with van der Waals surface area (Å²) in [6.45, 7) is 3.55. The summed E-state index contributed by atoms with van der Waals surface area (Å²) in [5.41, 5.74) is 3.46. The number of aryl methyl sites for hydroxylation is 2. The first-order chi connectivity index (χ1) is 11.0. The molecule has 2 heterocycles. The van der Waals surface area contributed by atoms with E-state index in [2.05, 4.69) is 4.98 Å². The topological polar surface area (TPSA) is 68.4 Å². The second kappa shape index (κ2) is 6.12. The number of Topliss-reactive ketones (excluding diaryl/α,β-unsaturated/α-hetero) is 1. The van der Waals surface area contributed by atoms with Gasteiger partial charge in [-0.25, -0.2) is 4.79 Å². The van der Waals surface area contributed by atoms with E-state index in [0.717, 1.165) is 22.7 Å². The number of ether oxygens (including phenoxy) is 2. The van der Waals surface area contributed by atoms with E-state index in [0.29, 0.717) is 11.1 Å². The predicted molar refractivity (Wildman–Crippen MR) is 85.5 cm³/mol. The molecule has 0 amide bonds. The highest BCUT2D eigenvalue weighted by molar-refractivity contribution is 6.01. The monoisotopic (exact) mass is 311 g/mol. The minimum absolute atomic E-state index is 0.145. The Bertz CT molecular complexity index is 801. The second-order valence-electron chi connectivity index (χ2n) is 5.49. The van der Waals surface area contributed by atoms with Crippen molar-refractivity contribution in [2.24, 2.45) is 0 Å². The lowest BCUT2D eigenvalue weighted by Gasteiger charge is -2.16. The van der Waals surface area contributed by atoms with Crippen molar-refractivity contribution in [1.82, 2.24) is 4.98 Å². The summed E-state index contributed by atoms with van der Waals surface area (Å²) in [7, 11) is 0. The van der Waals surface area contributed by atoms with E-state index in [4.69, 9.17) is 9.47 Å². The lowest BCUT2D eigenvalue weighted by atomic mass is 10.1. The number of para-hydroxylation sites is 1. The summed E-state index contributed by atoms with van der Waals surface area (Å²) in [4.78, 5) is 27.3. The van der Waals surface area contributed by atoms with Crippen molar-refractivity contribution in [3.63, 3.8) is 0 Å². The molecule has 0 unspecified atom stereocenters. The maximum Gasteiger partial charge on any atom is 0.337 e. The molecule has 5 heteroatoms. The van der Waals surface area contributed by atoms with Gasteiger partial charge >= 0.3 is 5.97 Å². The van der Waals surface area contributed by atoms with Crippen LogP contribution in [0, 0.1) is 13.8 Å². The quantitative estimate of drug-likeness (QED) is 0.696. The molecule has 1 N–H and O–H groups in total. The van der Waals surface area contributed by atoms with Gasteiger partial charge in [-0.15, -0.1) is 0 Å². The van der Waals surface area contributed by atoms with Crippen LogP contribution in [0.4, 0.5) is 0 Å². The Morgan fingerprint density at radius 1 is 1.26 bits per heavy atom. The SMILES string of the molecule is Cc1cc(C(=O)COC(=O)C2=Cc3ccccc3OC2)c(C)[nH]1. The van der Waals surface area contributed by atoms with Crippen molar-refractivity contribution in [2.75, 3.05) is 13.2 Å². The summed E-state index contributed by atoms with van der Waals surface area (Å²) in [6, 6.07) is 9.20. The molecule has 3 rings (SSSR count). The molecule has 1 aliphatic heterocycles. The van der Waals surface area contributed by atoms with Crippen molar-refractivity contribution in [2.45, 2.75) is 13.8 Å². The van der Waals surface area contributed by atoms with E-state index < -0.39 is 5.97 Å². The number of nitrogens with one attached hydrogen (secondary N) is 1. The third-order valence-corrected chi connectivity index (χ3v) is 3.68. The number of carbonyl (C=O) groups excluding carboxylic acids is 2. The summed E-state index contributed by atoms with van der Waals surface area (Å²) < 4.78 is 10.6. The van der Waals surface area contributed by atoms with Crippen molar-refractivity contribution >= 4 is 17.8 Å². The van der Waals surface area contributed by atoms with E-state index >= 15 is 0 Å². The number of fused-ring (bicyclic) bond motifs is 1. The number of aromatic amines is 1. The fourth-order valence-electron chi connectivity index (χ4n) is 2.55. The number of H-pyrrole nitrogens is 1. The average molecular weight is 311 g/mol. The van der Waals surface area contributed by atoms with E-state index in [1.54, 1.807) is 12.1 Å². The molecule has 0 aliphatic carbocycles. The highest BCUT2D eigenvalue weighted by Gasteiger charge is 2.20. The normalized spacial score (nSPS) is 12.9. The Balaban J connectivity index is 1.65. The highest BCUT2D eigenvalue weighted by Crippen LogP contribution is 2.26. The van der Waals surface area contributed by atoms with Gasteiger partial charge in [0.1, 0.15) is 12.4 Å². The average Bonchev–Trinajstić information content (AvgIpc) is 2.90. The molecule has 2 aromatic rings. The maximum absolute atomic E-state index is 12.1. The zero-order valence-electron chi connectivity index (χ0n) is 13.0. The van der Waals surface area contributed by atoms with Gasteiger partial charge in [-0.3, -0.25) is 4.79 Å². The number of benzene rings is 1. The van der Waals surface area contributed by atoms with Gasteiger partial charge < -0.3 is 14.5 Å². The van der Waals surface area contributed by atoms with Crippen LogP contribution in [-0.4, -0.2) is 30.0 Å². The van der Waals surface area contributed by atoms with E-state index in [1.165, 1.54) is 0 Å². The zero-order valence-corrected chi connectivity index (χ0v) is 13.0. The molecule has 23 heavy (non-hydrogen) atoms. The molecule has 0 radical (unpaired) electrons. The zero-order chi connectivity index (χ0) is 16.4. The van der Waals surface area contributed by atoms with Crippen molar-refractivity contribution in [1.29, 1.82) is 0 Å². The summed E-state index contributed by atoms with van der Waals surface area (Å²) in [6.07, 6.45) is 1.73. The van der Waals surface area contributed by atoms with E-state index in [-0.39, 0.29) is 19.0 Å². The molecule has 118 valence electrons. The third-order valence-electron chi connectivity index (χ3n) is 3.68. The van der Waals surface area contributed by atoms with Gasteiger partial charge in [-0.05, 0) is 32.1 Å². The van der Waals surface area contributed by atoms with E-state index in [1.807, 2.05) is 38.1 Å². The predicted octanol–water partition coefficient (Wildman–Crippen LogP) is 2.83. The minimum atomic E-state index is -0.530. The van der Waals surface area contributed by atoms with Crippen LogP contribution in [0.5, 0.6) is 5.75 Å². The number of hydrogen-bond donors (Lipinski definition) is 1. The molecular formula is C18H17NO4. The first kappa shape index (κ1) is 15.1. The summed E-state index contributed by atoms with van der Waals surface area (Å²) >= 11 is 0. The molecule has 0 saturated carbocycles. The molecule has 1 aliphatic rings. The van der Waals surface area contributed by atoms with E-state index in [9.17, 15) is 9.59 Å². The van der Waals surface area contributed by atoms with Crippen LogP contribution >= 0.6 is 0 Å². The van der Waals surface area contributed by atoms with Crippen LogP contribution in [0.3, 0.4) is 0 Å². The van der Waals surface area contributed by atoms with Crippen LogP contribution < -0.4 is 4.74 Å². The molecular weight excluding hydrogens is 294 g/mol. The Kier molecular flexibility index (Phi) is 4.02. The molecule has 0 spiro atoms.